The van der Waals surface area contributed by atoms with Crippen LogP contribution in [0.25, 0.3) is 0 Å². The van der Waals surface area contributed by atoms with Gasteiger partial charge in [0.1, 0.15) is 7.85 Å². The van der Waals surface area contributed by atoms with Gasteiger partial charge in [-0.3, -0.25) is 4.79 Å². The van der Waals surface area contributed by atoms with Gasteiger partial charge in [0.25, 0.3) is 0 Å². The maximum absolute atomic E-state index is 12.4. The van der Waals surface area contributed by atoms with Crippen LogP contribution in [0, 0.1) is 5.92 Å². The molecule has 2 N–H and O–H groups in total. The highest BCUT2D eigenvalue weighted by molar-refractivity contribution is 6.32. The molecule has 3 rings (SSSR count). The van der Waals surface area contributed by atoms with E-state index < -0.39 is 0 Å². The topological polar surface area (TPSA) is 41.1 Å². The van der Waals surface area contributed by atoms with Gasteiger partial charge in [-0.25, -0.2) is 0 Å². The standard InChI is InChI=1S/C19H27BN2O/c1-12-5-3-4-6-16(12)22-18(14-7-9-15(20)10-8-14)17-13(2)11-21-19(17)23/h7-10,12,16,18,22H,3-6,11,20H2,1-2H3,(H,21,23)/t12?,16-,18-/m1/s1. The van der Waals surface area contributed by atoms with Gasteiger partial charge in [0.2, 0.25) is 5.91 Å². The fourth-order valence-corrected chi connectivity index (χ4v) is 3.86. The first-order valence-electron chi connectivity index (χ1n) is 8.86. The lowest BCUT2D eigenvalue weighted by Crippen LogP contribution is -2.41. The molecular formula is C19H27BN2O. The summed E-state index contributed by atoms with van der Waals surface area (Å²) in [6, 6.07) is 9.08. The summed E-state index contributed by atoms with van der Waals surface area (Å²) in [5.41, 5.74) is 4.53. The summed E-state index contributed by atoms with van der Waals surface area (Å²) in [5.74, 6) is 0.756. The fraction of sp³-hybridized carbons (Fsp3) is 0.526. The van der Waals surface area contributed by atoms with Gasteiger partial charge >= 0.3 is 0 Å². The van der Waals surface area contributed by atoms with Gasteiger partial charge in [-0.1, -0.05) is 49.5 Å². The number of hydrogen-bond donors (Lipinski definition) is 2. The summed E-state index contributed by atoms with van der Waals surface area (Å²) < 4.78 is 0. The fourth-order valence-electron chi connectivity index (χ4n) is 3.86. The molecule has 1 aromatic carbocycles. The molecule has 3 nitrogen and oxygen atoms in total. The number of nitrogens with one attached hydrogen (secondary N) is 2. The number of benzene rings is 1. The van der Waals surface area contributed by atoms with Gasteiger partial charge in [0, 0.05) is 18.2 Å². The minimum Gasteiger partial charge on any atom is -0.348 e. The summed E-state index contributed by atoms with van der Waals surface area (Å²) in [7, 11) is 2.10. The van der Waals surface area contributed by atoms with Crippen LogP contribution in [0.3, 0.4) is 0 Å². The molecule has 0 aromatic heterocycles. The van der Waals surface area contributed by atoms with Crippen molar-refractivity contribution < 1.29 is 4.79 Å². The van der Waals surface area contributed by atoms with Crippen molar-refractivity contribution in [2.75, 3.05) is 6.54 Å². The second-order valence-corrected chi connectivity index (χ2v) is 7.26. The molecule has 1 amide bonds. The lowest BCUT2D eigenvalue weighted by Gasteiger charge is -2.34. The van der Waals surface area contributed by atoms with Crippen LogP contribution in [-0.4, -0.2) is 26.3 Å². The summed E-state index contributed by atoms with van der Waals surface area (Å²) in [6.45, 7) is 5.08. The van der Waals surface area contributed by atoms with Gasteiger partial charge in [-0.15, -0.1) is 0 Å². The van der Waals surface area contributed by atoms with Crippen LogP contribution in [-0.2, 0) is 4.79 Å². The molecule has 1 heterocycles. The molecule has 3 atom stereocenters. The molecule has 2 aliphatic rings. The van der Waals surface area contributed by atoms with Crippen LogP contribution in [0.5, 0.6) is 0 Å². The van der Waals surface area contributed by atoms with E-state index >= 15 is 0 Å². The van der Waals surface area contributed by atoms with Gasteiger partial charge in [-0.2, -0.15) is 0 Å². The number of hydrogen-bond acceptors (Lipinski definition) is 2. The minimum atomic E-state index is 0.00338. The molecule has 0 bridgehead atoms. The SMILES string of the molecule is Bc1ccc([C@@H](N[C@@H]2CCCCC2C)C2=C(C)CNC2=O)cc1. The average molecular weight is 310 g/mol. The zero-order valence-corrected chi connectivity index (χ0v) is 14.5. The molecule has 1 unspecified atom stereocenters. The third-order valence-electron chi connectivity index (χ3n) is 5.41. The first-order chi connectivity index (χ1) is 11.1. The van der Waals surface area contributed by atoms with Gasteiger partial charge < -0.3 is 10.6 Å². The van der Waals surface area contributed by atoms with E-state index in [0.717, 1.165) is 11.1 Å². The van der Waals surface area contributed by atoms with Gasteiger partial charge in [0.15, 0.2) is 0 Å². The van der Waals surface area contributed by atoms with E-state index in [1.807, 2.05) is 0 Å². The molecule has 0 saturated heterocycles. The Kier molecular flexibility index (Phi) is 4.91. The first kappa shape index (κ1) is 16.3. The molecule has 4 heteroatoms. The Labute approximate surface area is 140 Å². The van der Waals surface area contributed by atoms with E-state index in [0.29, 0.717) is 18.5 Å². The predicted octanol–water partition coefficient (Wildman–Crippen LogP) is 1.60. The Morgan fingerprint density at radius 3 is 2.52 bits per heavy atom. The van der Waals surface area contributed by atoms with E-state index in [9.17, 15) is 4.79 Å². The van der Waals surface area contributed by atoms with E-state index in [-0.39, 0.29) is 11.9 Å². The van der Waals surface area contributed by atoms with E-state index in [4.69, 9.17) is 0 Å². The molecule has 1 aliphatic carbocycles. The molecule has 1 aliphatic heterocycles. The monoisotopic (exact) mass is 310 g/mol. The van der Waals surface area contributed by atoms with E-state index in [2.05, 4.69) is 56.6 Å². The van der Waals surface area contributed by atoms with Gasteiger partial charge in [0.05, 0.1) is 6.04 Å². The van der Waals surface area contributed by atoms with Crippen LogP contribution in [0.2, 0.25) is 0 Å². The second kappa shape index (κ2) is 6.92. The normalized spacial score (nSPS) is 26.3. The van der Waals surface area contributed by atoms with Crippen molar-refractivity contribution >= 4 is 19.2 Å². The third kappa shape index (κ3) is 3.53. The molecule has 1 saturated carbocycles. The second-order valence-electron chi connectivity index (χ2n) is 7.26. The van der Waals surface area contributed by atoms with E-state index in [1.54, 1.807) is 0 Å². The Balaban J connectivity index is 1.91. The molecule has 23 heavy (non-hydrogen) atoms. The molecule has 1 fully saturated rings. The summed E-state index contributed by atoms with van der Waals surface area (Å²) >= 11 is 0. The maximum Gasteiger partial charge on any atom is 0.249 e. The Morgan fingerprint density at radius 1 is 1.22 bits per heavy atom. The van der Waals surface area contributed by atoms with Crippen LogP contribution < -0.4 is 16.1 Å². The average Bonchev–Trinajstić information content (AvgIpc) is 2.87. The highest BCUT2D eigenvalue weighted by Gasteiger charge is 2.32. The number of rotatable bonds is 4. The quantitative estimate of drug-likeness (QED) is 0.830. The van der Waals surface area contributed by atoms with Crippen molar-refractivity contribution in [3.8, 4) is 0 Å². The largest absolute Gasteiger partial charge is 0.348 e. The highest BCUT2D eigenvalue weighted by Crippen LogP contribution is 2.31. The Bertz CT molecular complexity index is 608. The van der Waals surface area contributed by atoms with Crippen molar-refractivity contribution in [3.05, 3.63) is 41.0 Å². The van der Waals surface area contributed by atoms with Crippen LogP contribution >= 0.6 is 0 Å². The summed E-state index contributed by atoms with van der Waals surface area (Å²) in [6.07, 6.45) is 5.10. The lowest BCUT2D eigenvalue weighted by molar-refractivity contribution is -0.117. The van der Waals surface area contributed by atoms with Crippen LogP contribution in [0.1, 0.15) is 51.1 Å². The molecular weight excluding hydrogens is 283 g/mol. The van der Waals surface area contributed by atoms with Crippen molar-refractivity contribution in [2.24, 2.45) is 5.92 Å². The lowest BCUT2D eigenvalue weighted by atomic mass is 9.84. The highest BCUT2D eigenvalue weighted by atomic mass is 16.2. The van der Waals surface area contributed by atoms with Crippen LogP contribution in [0.15, 0.2) is 35.4 Å². The number of amides is 1. The molecule has 122 valence electrons. The van der Waals surface area contributed by atoms with Crippen molar-refractivity contribution in [1.29, 1.82) is 0 Å². The summed E-state index contributed by atoms with van der Waals surface area (Å²) in [5, 5.41) is 6.80. The van der Waals surface area contributed by atoms with Crippen molar-refractivity contribution in [3.63, 3.8) is 0 Å². The molecule has 1 aromatic rings. The Hall–Kier alpha value is -1.55. The van der Waals surface area contributed by atoms with Gasteiger partial charge in [-0.05, 0) is 36.8 Å². The number of carbonyl (C=O) groups is 1. The number of carbonyl (C=O) groups excluding carboxylic acids is 1. The smallest absolute Gasteiger partial charge is 0.249 e. The van der Waals surface area contributed by atoms with Crippen molar-refractivity contribution in [2.45, 2.75) is 51.6 Å². The summed E-state index contributed by atoms with van der Waals surface area (Å²) in [4.78, 5) is 12.4. The van der Waals surface area contributed by atoms with E-state index in [1.165, 1.54) is 36.7 Å². The van der Waals surface area contributed by atoms with Crippen LogP contribution in [0.4, 0.5) is 0 Å². The Morgan fingerprint density at radius 2 is 1.91 bits per heavy atom. The zero-order chi connectivity index (χ0) is 16.4. The maximum atomic E-state index is 12.4. The minimum absolute atomic E-state index is 0.00338. The van der Waals surface area contributed by atoms with Crippen molar-refractivity contribution in [1.82, 2.24) is 10.6 Å². The molecule has 0 radical (unpaired) electrons. The zero-order valence-electron chi connectivity index (χ0n) is 14.5. The first-order valence-corrected chi connectivity index (χ1v) is 8.86. The molecule has 0 spiro atoms. The predicted molar refractivity (Wildman–Crippen MR) is 97.6 cm³/mol. The third-order valence-corrected chi connectivity index (χ3v) is 5.41.